The van der Waals surface area contributed by atoms with E-state index in [9.17, 15) is 4.79 Å². The van der Waals surface area contributed by atoms with Crippen LogP contribution >= 0.6 is 0 Å². The van der Waals surface area contributed by atoms with Gasteiger partial charge in [-0.15, -0.1) is 0 Å². The molecule has 1 amide bonds. The lowest BCUT2D eigenvalue weighted by molar-refractivity contribution is 0.0364. The molecule has 4 heteroatoms. The molecule has 0 N–H and O–H groups in total. The maximum Gasteiger partial charge on any atom is 0.461 e. The SMILES string of the molecule is CCCCCCCCO[N]C(=O)Oc1ccccc1. The summed E-state index contributed by atoms with van der Waals surface area (Å²) in [4.78, 5) is 16.2. The van der Waals surface area contributed by atoms with Crippen LogP contribution in [0.4, 0.5) is 4.79 Å². The highest BCUT2D eigenvalue weighted by Gasteiger charge is 2.05. The first-order valence-electron chi connectivity index (χ1n) is 6.93. The number of ether oxygens (including phenoxy) is 1. The molecule has 4 nitrogen and oxygen atoms in total. The molecule has 0 atom stereocenters. The fourth-order valence-electron chi connectivity index (χ4n) is 1.65. The third-order valence-electron chi connectivity index (χ3n) is 2.68. The Hall–Kier alpha value is -1.55. The predicted molar refractivity (Wildman–Crippen MR) is 73.9 cm³/mol. The van der Waals surface area contributed by atoms with Gasteiger partial charge < -0.3 is 4.74 Å². The lowest BCUT2D eigenvalue weighted by Crippen LogP contribution is -2.20. The Morgan fingerprint density at radius 1 is 1.05 bits per heavy atom. The first-order chi connectivity index (χ1) is 9.33. The molecule has 0 heterocycles. The number of benzene rings is 1. The molecule has 1 aromatic rings. The van der Waals surface area contributed by atoms with Gasteiger partial charge in [-0.25, -0.2) is 9.63 Å². The number of hydrogen-bond donors (Lipinski definition) is 0. The zero-order chi connectivity index (χ0) is 13.8. The third kappa shape index (κ3) is 8.21. The molecule has 19 heavy (non-hydrogen) atoms. The Bertz CT molecular complexity index is 341. The van der Waals surface area contributed by atoms with E-state index in [0.29, 0.717) is 12.4 Å². The van der Waals surface area contributed by atoms with Crippen LogP contribution in [0.3, 0.4) is 0 Å². The summed E-state index contributed by atoms with van der Waals surface area (Å²) in [5, 5.41) is 0. The van der Waals surface area contributed by atoms with Gasteiger partial charge in [-0.2, -0.15) is 0 Å². The van der Waals surface area contributed by atoms with Gasteiger partial charge in [-0.3, -0.25) is 0 Å². The highest BCUT2D eigenvalue weighted by atomic mass is 16.7. The van der Waals surface area contributed by atoms with Crippen molar-refractivity contribution in [1.29, 1.82) is 0 Å². The van der Waals surface area contributed by atoms with Crippen LogP contribution in [0.25, 0.3) is 0 Å². The van der Waals surface area contributed by atoms with E-state index >= 15 is 0 Å². The normalized spacial score (nSPS) is 10.2. The number of hydrogen-bond acceptors (Lipinski definition) is 3. The van der Waals surface area contributed by atoms with Crippen LogP contribution in [0.2, 0.25) is 0 Å². The standard InChI is InChI=1S/C15H22NO3/c1-2-3-4-5-6-10-13-18-16-15(17)19-14-11-8-7-9-12-14/h7-9,11-12H,2-6,10,13H2,1H3. The van der Waals surface area contributed by atoms with Crippen molar-refractivity contribution in [3.8, 4) is 5.75 Å². The van der Waals surface area contributed by atoms with E-state index in [1.807, 2.05) is 6.07 Å². The predicted octanol–water partition coefficient (Wildman–Crippen LogP) is 4.08. The third-order valence-corrected chi connectivity index (χ3v) is 2.68. The van der Waals surface area contributed by atoms with Crippen molar-refractivity contribution in [2.24, 2.45) is 0 Å². The molecule has 0 saturated heterocycles. The van der Waals surface area contributed by atoms with Gasteiger partial charge in [0.25, 0.3) is 0 Å². The lowest BCUT2D eigenvalue weighted by atomic mass is 10.1. The molecule has 0 bridgehead atoms. The molecule has 1 radical (unpaired) electrons. The molecular formula is C15H22NO3. The number of rotatable bonds is 9. The summed E-state index contributed by atoms with van der Waals surface area (Å²) >= 11 is 0. The summed E-state index contributed by atoms with van der Waals surface area (Å²) in [7, 11) is 0. The Morgan fingerprint density at radius 3 is 2.47 bits per heavy atom. The lowest BCUT2D eigenvalue weighted by Gasteiger charge is -2.04. The second kappa shape index (κ2) is 10.4. The Kier molecular flexibility index (Phi) is 8.47. The minimum absolute atomic E-state index is 0.468. The van der Waals surface area contributed by atoms with Crippen molar-refractivity contribution in [3.63, 3.8) is 0 Å². The van der Waals surface area contributed by atoms with Crippen LogP contribution in [0.5, 0.6) is 5.75 Å². The number of amides is 1. The fraction of sp³-hybridized carbons (Fsp3) is 0.533. The van der Waals surface area contributed by atoms with Crippen LogP contribution < -0.4 is 10.2 Å². The molecular weight excluding hydrogens is 242 g/mol. The first kappa shape index (κ1) is 15.5. The number of carbonyl (C=O) groups is 1. The van der Waals surface area contributed by atoms with Crippen LogP contribution in [0.1, 0.15) is 45.4 Å². The van der Waals surface area contributed by atoms with Crippen molar-refractivity contribution < 1.29 is 14.4 Å². The van der Waals surface area contributed by atoms with Gasteiger partial charge in [-0.05, 0) is 18.6 Å². The van der Waals surface area contributed by atoms with Gasteiger partial charge in [0.15, 0.2) is 0 Å². The van der Waals surface area contributed by atoms with E-state index < -0.39 is 6.09 Å². The summed E-state index contributed by atoms with van der Waals surface area (Å²) in [5.74, 6) is 0.472. The van der Waals surface area contributed by atoms with Gasteiger partial charge in [0, 0.05) is 0 Å². The molecule has 1 rings (SSSR count). The second-order valence-corrected chi connectivity index (χ2v) is 4.37. The first-order valence-corrected chi connectivity index (χ1v) is 6.93. The summed E-state index contributed by atoms with van der Waals surface area (Å²) in [6, 6.07) is 8.82. The minimum atomic E-state index is -0.711. The van der Waals surface area contributed by atoms with Gasteiger partial charge >= 0.3 is 6.09 Å². The van der Waals surface area contributed by atoms with Crippen molar-refractivity contribution in [2.75, 3.05) is 6.61 Å². The Morgan fingerprint density at radius 2 is 1.74 bits per heavy atom. The number of para-hydroxylation sites is 1. The molecule has 0 aromatic heterocycles. The second-order valence-electron chi connectivity index (χ2n) is 4.37. The Balaban J connectivity index is 1.96. The summed E-state index contributed by atoms with van der Waals surface area (Å²) in [5.41, 5.74) is 3.39. The van der Waals surface area contributed by atoms with E-state index in [2.05, 4.69) is 12.4 Å². The van der Waals surface area contributed by atoms with Gasteiger partial charge in [-0.1, -0.05) is 62.7 Å². The van der Waals surface area contributed by atoms with Crippen LogP contribution in [-0.2, 0) is 4.84 Å². The average molecular weight is 264 g/mol. The van der Waals surface area contributed by atoms with E-state index in [0.717, 1.165) is 12.8 Å². The van der Waals surface area contributed by atoms with Crippen molar-refractivity contribution in [3.05, 3.63) is 30.3 Å². The number of carbonyl (C=O) groups excluding carboxylic acids is 1. The van der Waals surface area contributed by atoms with Crippen LogP contribution in [-0.4, -0.2) is 12.7 Å². The Labute approximate surface area is 115 Å². The number of nitrogens with zero attached hydrogens (tertiary/aromatic N) is 1. The largest absolute Gasteiger partial charge is 0.461 e. The summed E-state index contributed by atoms with van der Waals surface area (Å²) in [6.07, 6.45) is 6.34. The topological polar surface area (TPSA) is 49.6 Å². The smallest absolute Gasteiger partial charge is 0.407 e. The monoisotopic (exact) mass is 264 g/mol. The van der Waals surface area contributed by atoms with Crippen LogP contribution in [0, 0.1) is 0 Å². The number of unbranched alkanes of at least 4 members (excludes halogenated alkanes) is 5. The van der Waals surface area contributed by atoms with E-state index in [-0.39, 0.29) is 0 Å². The minimum Gasteiger partial charge on any atom is -0.407 e. The molecule has 0 aliphatic carbocycles. The maximum atomic E-state index is 11.3. The fourth-order valence-corrected chi connectivity index (χ4v) is 1.65. The molecule has 0 unspecified atom stereocenters. The molecule has 0 fully saturated rings. The molecule has 1 aromatic carbocycles. The van der Waals surface area contributed by atoms with Gasteiger partial charge in [0.1, 0.15) is 5.75 Å². The van der Waals surface area contributed by atoms with E-state index in [4.69, 9.17) is 9.57 Å². The average Bonchev–Trinajstić information content (AvgIpc) is 2.43. The van der Waals surface area contributed by atoms with Crippen molar-refractivity contribution in [1.82, 2.24) is 5.48 Å². The molecule has 0 saturated carbocycles. The van der Waals surface area contributed by atoms with Crippen molar-refractivity contribution in [2.45, 2.75) is 45.4 Å². The molecule has 0 aliphatic rings. The maximum absolute atomic E-state index is 11.3. The highest BCUT2D eigenvalue weighted by molar-refractivity contribution is 5.68. The van der Waals surface area contributed by atoms with E-state index in [1.54, 1.807) is 24.3 Å². The van der Waals surface area contributed by atoms with Crippen LogP contribution in [0.15, 0.2) is 30.3 Å². The summed E-state index contributed by atoms with van der Waals surface area (Å²) in [6.45, 7) is 2.66. The highest BCUT2D eigenvalue weighted by Crippen LogP contribution is 2.08. The molecule has 0 aliphatic heterocycles. The number of hydroxylamine groups is 1. The van der Waals surface area contributed by atoms with Crippen molar-refractivity contribution >= 4 is 6.09 Å². The quantitative estimate of drug-likeness (QED) is 0.498. The van der Waals surface area contributed by atoms with Gasteiger partial charge in [0.05, 0.1) is 6.61 Å². The van der Waals surface area contributed by atoms with E-state index in [1.165, 1.54) is 25.7 Å². The summed E-state index contributed by atoms with van der Waals surface area (Å²) < 4.78 is 4.94. The molecule has 105 valence electrons. The molecule has 0 spiro atoms. The van der Waals surface area contributed by atoms with Gasteiger partial charge in [0.2, 0.25) is 0 Å². The zero-order valence-corrected chi connectivity index (χ0v) is 11.5. The zero-order valence-electron chi connectivity index (χ0n) is 11.5.